The van der Waals surface area contributed by atoms with E-state index >= 15 is 0 Å². The number of carbonyl (C=O) groups excluding carboxylic acids is 1. The van der Waals surface area contributed by atoms with E-state index in [9.17, 15) is 14.1 Å². The average molecular weight is 217 g/mol. The van der Waals surface area contributed by atoms with Crippen molar-refractivity contribution in [1.82, 2.24) is 0 Å². The van der Waals surface area contributed by atoms with Crippen LogP contribution in [0.15, 0.2) is 23.4 Å². The molecule has 0 spiro atoms. The quantitative estimate of drug-likeness (QED) is 0.782. The number of nitrogens with two attached hydrogens (primary N) is 1. The molecule has 1 rings (SSSR count). The maximum Gasteiger partial charge on any atom is 0.250 e. The number of rotatable bonds is 3. The number of primary amides is 1. The fourth-order valence-electron chi connectivity index (χ4n) is 0.960. The lowest BCUT2D eigenvalue weighted by molar-refractivity contribution is -0.119. The molecule has 0 heterocycles. The first kappa shape index (κ1) is 10.6. The van der Waals surface area contributed by atoms with Gasteiger partial charge in [-0.2, -0.15) is 0 Å². The van der Waals surface area contributed by atoms with Crippen LogP contribution < -0.4 is 5.73 Å². The van der Waals surface area contributed by atoms with Crippen LogP contribution in [-0.2, 0) is 4.79 Å². The maximum absolute atomic E-state index is 12.7. The van der Waals surface area contributed by atoms with Crippen LogP contribution in [0.3, 0.4) is 0 Å². The van der Waals surface area contributed by atoms with Gasteiger partial charge in [-0.1, -0.05) is 22.8 Å². The molecule has 0 aliphatic carbocycles. The third kappa shape index (κ3) is 2.05. The number of carbonyl (C=O) groups is 1. The standard InChI is InChI=1S/C8H6ClFN2O2/c9-5-3-4(1-2-6(5)10)7(12-14)8(11)13/h1-3,7H,(H2,11,13). The molecule has 0 fully saturated rings. The molecule has 1 aromatic rings. The van der Waals surface area contributed by atoms with Crippen LogP contribution in [0.25, 0.3) is 0 Å². The molecule has 14 heavy (non-hydrogen) atoms. The van der Waals surface area contributed by atoms with Crippen LogP contribution in [0, 0.1) is 10.7 Å². The zero-order valence-corrected chi connectivity index (χ0v) is 7.66. The minimum Gasteiger partial charge on any atom is -0.367 e. The highest BCUT2D eigenvalue weighted by molar-refractivity contribution is 6.30. The molecular weight excluding hydrogens is 211 g/mol. The Morgan fingerprint density at radius 2 is 2.21 bits per heavy atom. The van der Waals surface area contributed by atoms with Crippen molar-refractivity contribution in [2.45, 2.75) is 6.04 Å². The third-order valence-electron chi connectivity index (χ3n) is 1.63. The topological polar surface area (TPSA) is 72.5 Å². The van der Waals surface area contributed by atoms with Crippen LogP contribution >= 0.6 is 11.6 Å². The first-order chi connectivity index (χ1) is 6.56. The summed E-state index contributed by atoms with van der Waals surface area (Å²) in [4.78, 5) is 21.0. The zero-order chi connectivity index (χ0) is 10.7. The normalized spacial score (nSPS) is 12.1. The molecule has 1 unspecified atom stereocenters. The van der Waals surface area contributed by atoms with E-state index in [2.05, 4.69) is 5.18 Å². The van der Waals surface area contributed by atoms with Crippen molar-refractivity contribution in [3.63, 3.8) is 0 Å². The predicted molar refractivity (Wildman–Crippen MR) is 49.1 cm³/mol. The second-order valence-electron chi connectivity index (χ2n) is 2.58. The van der Waals surface area contributed by atoms with Gasteiger partial charge < -0.3 is 5.73 Å². The van der Waals surface area contributed by atoms with Gasteiger partial charge in [-0.15, -0.1) is 4.91 Å². The van der Waals surface area contributed by atoms with Crippen LogP contribution in [0.2, 0.25) is 5.02 Å². The lowest BCUT2D eigenvalue weighted by atomic mass is 10.1. The van der Waals surface area contributed by atoms with Gasteiger partial charge in [-0.3, -0.25) is 4.79 Å². The Kier molecular flexibility index (Phi) is 3.14. The van der Waals surface area contributed by atoms with E-state index in [0.717, 1.165) is 12.1 Å². The van der Waals surface area contributed by atoms with Crippen LogP contribution in [0.1, 0.15) is 11.6 Å². The van der Waals surface area contributed by atoms with Crippen molar-refractivity contribution in [2.75, 3.05) is 0 Å². The number of benzene rings is 1. The van der Waals surface area contributed by atoms with Crippen molar-refractivity contribution >= 4 is 17.5 Å². The molecule has 0 saturated heterocycles. The van der Waals surface area contributed by atoms with Crippen molar-refractivity contribution in [3.05, 3.63) is 39.5 Å². The minimum atomic E-state index is -1.33. The lowest BCUT2D eigenvalue weighted by Crippen LogP contribution is -2.19. The van der Waals surface area contributed by atoms with Crippen molar-refractivity contribution in [1.29, 1.82) is 0 Å². The van der Waals surface area contributed by atoms with E-state index < -0.39 is 17.8 Å². The molecular formula is C8H6ClFN2O2. The molecule has 2 N–H and O–H groups in total. The Bertz CT molecular complexity index is 384. The molecule has 0 radical (unpaired) electrons. The molecule has 74 valence electrons. The summed E-state index contributed by atoms with van der Waals surface area (Å²) < 4.78 is 12.7. The first-order valence-electron chi connectivity index (χ1n) is 3.63. The number of nitroso groups, excluding NO2 is 1. The highest BCUT2D eigenvalue weighted by Gasteiger charge is 2.19. The van der Waals surface area contributed by atoms with E-state index in [0.29, 0.717) is 0 Å². The third-order valence-corrected chi connectivity index (χ3v) is 1.92. The summed E-state index contributed by atoms with van der Waals surface area (Å²) >= 11 is 5.45. The number of hydrogen-bond acceptors (Lipinski definition) is 3. The number of hydrogen-bond donors (Lipinski definition) is 1. The van der Waals surface area contributed by atoms with Gasteiger partial charge >= 0.3 is 0 Å². The van der Waals surface area contributed by atoms with Crippen molar-refractivity contribution in [2.24, 2.45) is 10.9 Å². The lowest BCUT2D eigenvalue weighted by Gasteiger charge is -2.05. The second kappa shape index (κ2) is 4.15. The number of amides is 1. The summed E-state index contributed by atoms with van der Waals surface area (Å²) in [6.07, 6.45) is 0. The smallest absolute Gasteiger partial charge is 0.250 e. The van der Waals surface area contributed by atoms with Crippen molar-refractivity contribution in [3.8, 4) is 0 Å². The van der Waals surface area contributed by atoms with E-state index in [1.165, 1.54) is 6.07 Å². The SMILES string of the molecule is NC(=O)C(N=O)c1ccc(F)c(Cl)c1. The summed E-state index contributed by atoms with van der Waals surface area (Å²) in [5.41, 5.74) is 5.08. The molecule has 1 amide bonds. The zero-order valence-electron chi connectivity index (χ0n) is 6.91. The predicted octanol–water partition coefficient (Wildman–Crippen LogP) is 1.77. The van der Waals surface area contributed by atoms with E-state index in [-0.39, 0.29) is 10.6 Å². The highest BCUT2D eigenvalue weighted by atomic mass is 35.5. The Balaban J connectivity index is 3.12. The van der Waals surface area contributed by atoms with Crippen LogP contribution in [0.4, 0.5) is 4.39 Å². The minimum absolute atomic E-state index is 0.180. The Labute approximate surface area is 83.8 Å². The highest BCUT2D eigenvalue weighted by Crippen LogP contribution is 2.22. The van der Waals surface area contributed by atoms with Gasteiger partial charge in [0.15, 0.2) is 6.04 Å². The molecule has 1 aromatic carbocycles. The molecule has 4 nitrogen and oxygen atoms in total. The van der Waals surface area contributed by atoms with E-state index in [1.54, 1.807) is 0 Å². The summed E-state index contributed by atoms with van der Waals surface area (Å²) in [5, 5.41) is 2.34. The van der Waals surface area contributed by atoms with Crippen LogP contribution in [0.5, 0.6) is 0 Å². The molecule has 0 aliphatic rings. The van der Waals surface area contributed by atoms with E-state index in [1.807, 2.05) is 0 Å². The van der Waals surface area contributed by atoms with Gasteiger partial charge in [0.1, 0.15) is 5.82 Å². The molecule has 0 bridgehead atoms. The van der Waals surface area contributed by atoms with Gasteiger partial charge in [0, 0.05) is 0 Å². The Hall–Kier alpha value is -1.49. The van der Waals surface area contributed by atoms with Gasteiger partial charge in [0.25, 0.3) is 5.91 Å². The van der Waals surface area contributed by atoms with Gasteiger partial charge in [-0.05, 0) is 17.7 Å². The van der Waals surface area contributed by atoms with Gasteiger partial charge in [0.2, 0.25) is 0 Å². The summed E-state index contributed by atoms with van der Waals surface area (Å²) in [6, 6.07) is 2.10. The summed E-state index contributed by atoms with van der Waals surface area (Å²) in [7, 11) is 0. The second-order valence-corrected chi connectivity index (χ2v) is 2.99. The van der Waals surface area contributed by atoms with Crippen molar-refractivity contribution < 1.29 is 9.18 Å². The molecule has 0 saturated carbocycles. The van der Waals surface area contributed by atoms with E-state index in [4.69, 9.17) is 17.3 Å². The Morgan fingerprint density at radius 1 is 1.57 bits per heavy atom. The summed E-state index contributed by atoms with van der Waals surface area (Å²) in [6.45, 7) is 0. The Morgan fingerprint density at radius 3 is 2.64 bits per heavy atom. The largest absolute Gasteiger partial charge is 0.367 e. The summed E-state index contributed by atoms with van der Waals surface area (Å²) in [5.74, 6) is -1.53. The molecule has 1 atom stereocenters. The van der Waals surface area contributed by atoms with Crippen LogP contribution in [-0.4, -0.2) is 5.91 Å². The number of nitrogens with zero attached hydrogens (tertiary/aromatic N) is 1. The maximum atomic E-state index is 12.7. The molecule has 0 aliphatic heterocycles. The van der Waals surface area contributed by atoms with Gasteiger partial charge in [0.05, 0.1) is 5.02 Å². The fourth-order valence-corrected chi connectivity index (χ4v) is 1.15. The molecule has 0 aromatic heterocycles. The molecule has 6 heteroatoms. The average Bonchev–Trinajstić information content (AvgIpc) is 2.11. The van der Waals surface area contributed by atoms with Gasteiger partial charge in [-0.25, -0.2) is 4.39 Å². The fraction of sp³-hybridized carbons (Fsp3) is 0.125. The first-order valence-corrected chi connectivity index (χ1v) is 4.00. The number of halogens is 2. The monoisotopic (exact) mass is 216 g/mol.